The number of halogens is 4. The van der Waals surface area contributed by atoms with E-state index in [1.165, 1.54) is 0 Å². The molecule has 4 rings (SSSR count). The highest BCUT2D eigenvalue weighted by Crippen LogP contribution is 2.35. The molecule has 0 unspecified atom stereocenters. The van der Waals surface area contributed by atoms with Crippen molar-refractivity contribution in [2.24, 2.45) is 0 Å². The number of nitrogens with zero attached hydrogens (tertiary/aromatic N) is 2. The summed E-state index contributed by atoms with van der Waals surface area (Å²) in [5, 5.41) is 12.0. The number of rotatable bonds is 4. The van der Waals surface area contributed by atoms with Gasteiger partial charge in [0.15, 0.2) is 5.82 Å². The average molecular weight is 612 g/mol. The van der Waals surface area contributed by atoms with E-state index in [1.54, 1.807) is 35.0 Å². The van der Waals surface area contributed by atoms with Crippen molar-refractivity contribution in [3.63, 3.8) is 0 Å². The first-order chi connectivity index (χ1) is 15.7. The number of urea groups is 1. The Hall–Kier alpha value is -2.26. The van der Waals surface area contributed by atoms with Crippen LogP contribution in [-0.2, 0) is 0 Å². The van der Waals surface area contributed by atoms with Crippen LogP contribution in [0.3, 0.4) is 0 Å². The summed E-state index contributed by atoms with van der Waals surface area (Å²) in [6.07, 6.45) is 0. The van der Waals surface area contributed by atoms with Crippen molar-refractivity contribution in [3.8, 4) is 16.9 Å². The van der Waals surface area contributed by atoms with Crippen LogP contribution in [0, 0.1) is 17.4 Å². The summed E-state index contributed by atoms with van der Waals surface area (Å²) in [6, 6.07) is 18.0. The molecule has 168 valence electrons. The number of benzene rings is 3. The van der Waals surface area contributed by atoms with E-state index in [4.69, 9.17) is 34.8 Å². The van der Waals surface area contributed by atoms with Crippen molar-refractivity contribution in [1.29, 1.82) is 0 Å². The summed E-state index contributed by atoms with van der Waals surface area (Å²) in [4.78, 5) is 12.8. The van der Waals surface area contributed by atoms with Crippen LogP contribution in [0.25, 0.3) is 16.9 Å². The number of hydrogen-bond acceptors (Lipinski definition) is 2. The lowest BCUT2D eigenvalue weighted by Crippen LogP contribution is -2.20. The molecule has 0 aliphatic rings. The van der Waals surface area contributed by atoms with Crippen LogP contribution in [0.4, 0.5) is 16.3 Å². The summed E-state index contributed by atoms with van der Waals surface area (Å²) >= 11 is 20.9. The maximum Gasteiger partial charge on any atom is 0.324 e. The van der Waals surface area contributed by atoms with Crippen LogP contribution >= 0.6 is 57.4 Å². The Bertz CT molecular complexity index is 1350. The Morgan fingerprint density at radius 1 is 0.909 bits per heavy atom. The van der Waals surface area contributed by atoms with Gasteiger partial charge in [0.25, 0.3) is 0 Å². The summed E-state index contributed by atoms with van der Waals surface area (Å²) in [5.74, 6) is 0.409. The molecule has 1 heterocycles. The number of carbonyl (C=O) groups is 1. The van der Waals surface area contributed by atoms with Gasteiger partial charge in [-0.2, -0.15) is 0 Å². The van der Waals surface area contributed by atoms with E-state index in [0.717, 1.165) is 31.6 Å². The largest absolute Gasteiger partial charge is 0.324 e. The van der Waals surface area contributed by atoms with Crippen molar-refractivity contribution in [2.45, 2.75) is 13.8 Å². The van der Waals surface area contributed by atoms with Crippen molar-refractivity contribution in [2.75, 3.05) is 10.6 Å². The molecule has 0 saturated carbocycles. The van der Waals surface area contributed by atoms with Gasteiger partial charge in [0.1, 0.15) is 0 Å². The summed E-state index contributed by atoms with van der Waals surface area (Å²) < 4.78 is 2.79. The lowest BCUT2D eigenvalue weighted by atomic mass is 10.1. The average Bonchev–Trinajstić information content (AvgIpc) is 3.06. The minimum Gasteiger partial charge on any atom is -0.307 e. The number of aromatic nitrogens is 2. The van der Waals surface area contributed by atoms with Gasteiger partial charge < -0.3 is 5.32 Å². The van der Waals surface area contributed by atoms with Crippen molar-refractivity contribution in [3.05, 3.63) is 90.4 Å². The van der Waals surface area contributed by atoms with E-state index in [2.05, 4.69) is 38.3 Å². The molecule has 0 radical (unpaired) electrons. The number of nitrogens with one attached hydrogen (secondary N) is 2. The van der Waals surface area contributed by atoms with Gasteiger partial charge in [-0.05, 0) is 90.5 Å². The van der Waals surface area contributed by atoms with Crippen LogP contribution in [0.15, 0.2) is 60.7 Å². The molecule has 2 N–H and O–H groups in total. The van der Waals surface area contributed by atoms with E-state index in [9.17, 15) is 4.79 Å². The minimum atomic E-state index is -0.392. The second-order valence-electron chi connectivity index (χ2n) is 7.38. The van der Waals surface area contributed by atoms with Crippen LogP contribution in [0.1, 0.15) is 11.1 Å². The molecule has 0 bridgehead atoms. The molecule has 3 aromatic carbocycles. The molecular formula is C24H18Cl3IN4O. The highest BCUT2D eigenvalue weighted by Gasteiger charge is 2.21. The molecule has 0 atom stereocenters. The molecule has 33 heavy (non-hydrogen) atoms. The Balaban J connectivity index is 1.74. The SMILES string of the molecule is Cc1cc(I)ccc1NC(=O)Nc1nn(-c2ccc(Cl)cc2Cl)c(-c2ccc(Cl)cc2)c1C. The summed E-state index contributed by atoms with van der Waals surface area (Å²) in [6.45, 7) is 3.84. The Morgan fingerprint density at radius 3 is 2.27 bits per heavy atom. The quantitative estimate of drug-likeness (QED) is 0.228. The topological polar surface area (TPSA) is 59.0 Å². The summed E-state index contributed by atoms with van der Waals surface area (Å²) in [7, 11) is 0. The predicted molar refractivity (Wildman–Crippen MR) is 145 cm³/mol. The fourth-order valence-electron chi connectivity index (χ4n) is 3.42. The molecule has 9 heteroatoms. The van der Waals surface area contributed by atoms with Gasteiger partial charge in [-0.15, -0.1) is 5.10 Å². The standard InChI is InChI=1S/C24H18Cl3IN4O/c1-13-11-18(28)8-9-20(13)29-24(33)30-23-14(2)22(15-3-5-16(25)6-4-15)32(31-23)21-10-7-17(26)12-19(21)27/h3-12H,1-2H3,(H2,29,30,31,33). The monoisotopic (exact) mass is 610 g/mol. The molecule has 0 spiro atoms. The van der Waals surface area contributed by atoms with Gasteiger partial charge in [-0.25, -0.2) is 9.48 Å². The zero-order valence-electron chi connectivity index (χ0n) is 17.6. The van der Waals surface area contributed by atoms with Gasteiger partial charge in [0.05, 0.1) is 16.4 Å². The second-order valence-corrected chi connectivity index (χ2v) is 9.90. The number of anilines is 2. The molecule has 4 aromatic rings. The number of aryl methyl sites for hydroxylation is 1. The first kappa shape index (κ1) is 23.9. The highest BCUT2D eigenvalue weighted by atomic mass is 127. The maximum absolute atomic E-state index is 12.8. The molecule has 1 aromatic heterocycles. The minimum absolute atomic E-state index is 0.392. The fourth-order valence-corrected chi connectivity index (χ4v) is 4.68. The van der Waals surface area contributed by atoms with Crippen LogP contribution in [0.2, 0.25) is 15.1 Å². The Labute approximate surface area is 220 Å². The third kappa shape index (κ3) is 5.30. The van der Waals surface area contributed by atoms with Gasteiger partial charge in [-0.1, -0.05) is 46.9 Å². The zero-order valence-corrected chi connectivity index (χ0v) is 22.0. The van der Waals surface area contributed by atoms with Crippen molar-refractivity contribution < 1.29 is 4.79 Å². The van der Waals surface area contributed by atoms with E-state index in [-0.39, 0.29) is 0 Å². The highest BCUT2D eigenvalue weighted by molar-refractivity contribution is 14.1. The first-order valence-corrected chi connectivity index (χ1v) is 12.1. The molecule has 0 aliphatic carbocycles. The predicted octanol–water partition coefficient (Wildman–Crippen LogP) is 8.36. The smallest absolute Gasteiger partial charge is 0.307 e. The normalized spacial score (nSPS) is 10.8. The molecule has 2 amide bonds. The van der Waals surface area contributed by atoms with Gasteiger partial charge in [0, 0.05) is 30.4 Å². The van der Waals surface area contributed by atoms with E-state index in [1.807, 2.05) is 44.2 Å². The van der Waals surface area contributed by atoms with Crippen molar-refractivity contribution in [1.82, 2.24) is 9.78 Å². The van der Waals surface area contributed by atoms with E-state index in [0.29, 0.717) is 26.6 Å². The lowest BCUT2D eigenvalue weighted by Gasteiger charge is -2.10. The van der Waals surface area contributed by atoms with Crippen LogP contribution in [-0.4, -0.2) is 15.8 Å². The Morgan fingerprint density at radius 2 is 1.61 bits per heavy atom. The maximum atomic E-state index is 12.8. The van der Waals surface area contributed by atoms with Crippen LogP contribution < -0.4 is 10.6 Å². The van der Waals surface area contributed by atoms with Gasteiger partial charge >= 0.3 is 6.03 Å². The van der Waals surface area contributed by atoms with E-state index < -0.39 is 6.03 Å². The Kier molecular flexibility index (Phi) is 7.19. The first-order valence-electron chi connectivity index (χ1n) is 9.88. The molecule has 5 nitrogen and oxygen atoms in total. The fraction of sp³-hybridized carbons (Fsp3) is 0.0833. The molecule has 0 saturated heterocycles. The molecule has 0 fully saturated rings. The van der Waals surface area contributed by atoms with E-state index >= 15 is 0 Å². The second kappa shape index (κ2) is 9.93. The lowest BCUT2D eigenvalue weighted by molar-refractivity contribution is 0.262. The molecular weight excluding hydrogens is 594 g/mol. The number of carbonyl (C=O) groups excluding carboxylic acids is 1. The number of hydrogen-bond donors (Lipinski definition) is 2. The third-order valence-electron chi connectivity index (χ3n) is 5.05. The third-order valence-corrected chi connectivity index (χ3v) is 6.51. The molecule has 0 aliphatic heterocycles. The zero-order chi connectivity index (χ0) is 23.7. The van der Waals surface area contributed by atoms with Gasteiger partial charge in [-0.3, -0.25) is 5.32 Å². The van der Waals surface area contributed by atoms with Gasteiger partial charge in [0.2, 0.25) is 0 Å². The van der Waals surface area contributed by atoms with Crippen LogP contribution in [0.5, 0.6) is 0 Å². The summed E-state index contributed by atoms with van der Waals surface area (Å²) in [5.41, 5.74) is 4.75. The van der Waals surface area contributed by atoms with Crippen molar-refractivity contribution >= 4 is 74.9 Å². The number of amides is 2.